The number of benzene rings is 1. The summed E-state index contributed by atoms with van der Waals surface area (Å²) in [7, 11) is 0. The molecule has 0 atom stereocenters. The van der Waals surface area contributed by atoms with Gasteiger partial charge in [-0.25, -0.2) is 0 Å². The van der Waals surface area contributed by atoms with Gasteiger partial charge >= 0.3 is 0 Å². The molecule has 0 amide bonds. The minimum absolute atomic E-state index is 0.475. The van der Waals surface area contributed by atoms with Crippen molar-refractivity contribution >= 4 is 5.82 Å². The second-order valence-electron chi connectivity index (χ2n) is 5.35. The predicted molar refractivity (Wildman–Crippen MR) is 85.9 cm³/mol. The average Bonchev–Trinajstić information content (AvgIpc) is 2.80. The SMILES string of the molecule is Cc1cc(C)c(-c2[nH]nc(N)c2-c2ccccn2)c(C)c1. The molecule has 0 radical (unpaired) electrons. The van der Waals surface area contributed by atoms with E-state index in [1.165, 1.54) is 16.7 Å². The maximum Gasteiger partial charge on any atom is 0.155 e. The number of hydrogen-bond donors (Lipinski definition) is 2. The third kappa shape index (κ3) is 2.29. The maximum absolute atomic E-state index is 6.06. The van der Waals surface area contributed by atoms with Crippen molar-refractivity contribution in [2.24, 2.45) is 0 Å². The molecule has 2 heterocycles. The van der Waals surface area contributed by atoms with Gasteiger partial charge in [-0.15, -0.1) is 0 Å². The number of pyridine rings is 1. The largest absolute Gasteiger partial charge is 0.382 e. The van der Waals surface area contributed by atoms with Crippen molar-refractivity contribution < 1.29 is 0 Å². The second-order valence-corrected chi connectivity index (χ2v) is 5.35. The molecular formula is C17H18N4. The van der Waals surface area contributed by atoms with Crippen molar-refractivity contribution in [1.29, 1.82) is 0 Å². The number of rotatable bonds is 2. The topological polar surface area (TPSA) is 67.6 Å². The number of anilines is 1. The van der Waals surface area contributed by atoms with Crippen LogP contribution in [0.15, 0.2) is 36.5 Å². The first kappa shape index (κ1) is 13.4. The van der Waals surface area contributed by atoms with Gasteiger partial charge in [-0.05, 0) is 44.0 Å². The van der Waals surface area contributed by atoms with Gasteiger partial charge in [0.25, 0.3) is 0 Å². The molecule has 1 aromatic carbocycles. The standard InChI is InChI=1S/C17H18N4/c1-10-8-11(2)14(12(3)9-10)16-15(17(18)21-20-16)13-6-4-5-7-19-13/h4-9H,1-3H3,(H3,18,20,21). The first-order valence-corrected chi connectivity index (χ1v) is 6.91. The number of aryl methyl sites for hydroxylation is 3. The highest BCUT2D eigenvalue weighted by Crippen LogP contribution is 2.36. The summed E-state index contributed by atoms with van der Waals surface area (Å²) in [6.07, 6.45) is 1.76. The molecule has 3 rings (SSSR count). The molecule has 0 bridgehead atoms. The Balaban J connectivity index is 2.27. The number of aromatic amines is 1. The lowest BCUT2D eigenvalue weighted by atomic mass is 9.94. The summed E-state index contributed by atoms with van der Waals surface area (Å²) in [6.45, 7) is 6.31. The summed E-state index contributed by atoms with van der Waals surface area (Å²) >= 11 is 0. The van der Waals surface area contributed by atoms with Crippen molar-refractivity contribution in [3.8, 4) is 22.5 Å². The first-order valence-electron chi connectivity index (χ1n) is 6.91. The third-order valence-corrected chi connectivity index (χ3v) is 3.64. The second kappa shape index (κ2) is 5.05. The first-order chi connectivity index (χ1) is 10.1. The van der Waals surface area contributed by atoms with Gasteiger partial charge in [-0.3, -0.25) is 10.1 Å². The Morgan fingerprint density at radius 1 is 1.00 bits per heavy atom. The fourth-order valence-corrected chi connectivity index (χ4v) is 2.88. The Kier molecular flexibility index (Phi) is 3.22. The van der Waals surface area contributed by atoms with Crippen LogP contribution in [0.5, 0.6) is 0 Å². The molecule has 4 heteroatoms. The summed E-state index contributed by atoms with van der Waals surface area (Å²) < 4.78 is 0. The zero-order valence-electron chi connectivity index (χ0n) is 12.4. The van der Waals surface area contributed by atoms with Crippen LogP contribution < -0.4 is 5.73 Å². The molecule has 106 valence electrons. The minimum atomic E-state index is 0.475. The lowest BCUT2D eigenvalue weighted by Crippen LogP contribution is -1.94. The van der Waals surface area contributed by atoms with Crippen LogP contribution in [0.3, 0.4) is 0 Å². The molecule has 0 saturated heterocycles. The van der Waals surface area contributed by atoms with Crippen LogP contribution in [0, 0.1) is 20.8 Å². The van der Waals surface area contributed by atoms with Crippen LogP contribution in [0.4, 0.5) is 5.82 Å². The van der Waals surface area contributed by atoms with Crippen molar-refractivity contribution in [1.82, 2.24) is 15.2 Å². The van der Waals surface area contributed by atoms with Crippen molar-refractivity contribution in [3.63, 3.8) is 0 Å². The molecule has 0 unspecified atom stereocenters. The Morgan fingerprint density at radius 3 is 2.33 bits per heavy atom. The van der Waals surface area contributed by atoms with Gasteiger partial charge in [0.2, 0.25) is 0 Å². The number of nitrogen functional groups attached to an aromatic ring is 1. The van der Waals surface area contributed by atoms with E-state index in [4.69, 9.17) is 5.73 Å². The summed E-state index contributed by atoms with van der Waals surface area (Å²) in [6, 6.07) is 10.1. The van der Waals surface area contributed by atoms with Gasteiger partial charge in [0.1, 0.15) is 0 Å². The fourth-order valence-electron chi connectivity index (χ4n) is 2.88. The Bertz CT molecular complexity index is 765. The molecule has 2 aromatic heterocycles. The highest BCUT2D eigenvalue weighted by atomic mass is 15.2. The van der Waals surface area contributed by atoms with Gasteiger partial charge in [-0.2, -0.15) is 5.10 Å². The Labute approximate surface area is 124 Å². The minimum Gasteiger partial charge on any atom is -0.382 e. The summed E-state index contributed by atoms with van der Waals surface area (Å²) in [5.74, 6) is 0.475. The summed E-state index contributed by atoms with van der Waals surface area (Å²) in [4.78, 5) is 4.41. The van der Waals surface area contributed by atoms with Crippen LogP contribution in [-0.2, 0) is 0 Å². The van der Waals surface area contributed by atoms with Crippen molar-refractivity contribution in [3.05, 3.63) is 53.2 Å². The molecule has 0 fully saturated rings. The van der Waals surface area contributed by atoms with Crippen LogP contribution in [0.25, 0.3) is 22.5 Å². The number of nitrogens with one attached hydrogen (secondary N) is 1. The summed E-state index contributed by atoms with van der Waals surface area (Å²) in [5, 5.41) is 7.26. The quantitative estimate of drug-likeness (QED) is 0.752. The highest BCUT2D eigenvalue weighted by Gasteiger charge is 2.18. The zero-order valence-corrected chi connectivity index (χ0v) is 12.4. The lowest BCUT2D eigenvalue weighted by molar-refractivity contribution is 1.10. The molecule has 0 saturated carbocycles. The van der Waals surface area contributed by atoms with E-state index in [1.54, 1.807) is 6.20 Å². The van der Waals surface area contributed by atoms with Crippen molar-refractivity contribution in [2.75, 3.05) is 5.73 Å². The normalized spacial score (nSPS) is 10.8. The highest BCUT2D eigenvalue weighted by molar-refractivity contribution is 5.88. The van der Waals surface area contributed by atoms with E-state index < -0.39 is 0 Å². The average molecular weight is 278 g/mol. The van der Waals surface area contributed by atoms with Crippen LogP contribution in [0.1, 0.15) is 16.7 Å². The molecule has 0 spiro atoms. The van der Waals surface area contributed by atoms with Crippen LogP contribution in [0.2, 0.25) is 0 Å². The van der Waals surface area contributed by atoms with Gasteiger partial charge in [0.05, 0.1) is 17.0 Å². The Morgan fingerprint density at radius 2 is 1.71 bits per heavy atom. The molecule has 3 aromatic rings. The van der Waals surface area contributed by atoms with Crippen molar-refractivity contribution in [2.45, 2.75) is 20.8 Å². The molecule has 0 aliphatic carbocycles. The predicted octanol–water partition coefficient (Wildman–Crippen LogP) is 3.65. The van der Waals surface area contributed by atoms with Gasteiger partial charge in [-0.1, -0.05) is 23.8 Å². The molecule has 21 heavy (non-hydrogen) atoms. The van der Waals surface area contributed by atoms with Crippen LogP contribution in [-0.4, -0.2) is 15.2 Å². The molecule has 0 aliphatic heterocycles. The number of nitrogens with zero attached hydrogens (tertiary/aromatic N) is 2. The molecule has 4 nitrogen and oxygen atoms in total. The molecule has 3 N–H and O–H groups in total. The van der Waals surface area contributed by atoms with E-state index in [0.29, 0.717) is 5.82 Å². The van der Waals surface area contributed by atoms with E-state index in [0.717, 1.165) is 22.5 Å². The van der Waals surface area contributed by atoms with E-state index >= 15 is 0 Å². The fraction of sp³-hybridized carbons (Fsp3) is 0.176. The number of H-pyrrole nitrogens is 1. The van der Waals surface area contributed by atoms with Gasteiger partial charge < -0.3 is 5.73 Å². The monoisotopic (exact) mass is 278 g/mol. The zero-order chi connectivity index (χ0) is 15.0. The molecule has 0 aliphatic rings. The number of nitrogens with two attached hydrogens (primary N) is 1. The lowest BCUT2D eigenvalue weighted by Gasteiger charge is -2.11. The van der Waals surface area contributed by atoms with Gasteiger partial charge in [0, 0.05) is 11.8 Å². The number of aromatic nitrogens is 3. The maximum atomic E-state index is 6.06. The Hall–Kier alpha value is -2.62. The van der Waals surface area contributed by atoms with E-state index in [9.17, 15) is 0 Å². The van der Waals surface area contributed by atoms with E-state index in [2.05, 4.69) is 48.1 Å². The number of hydrogen-bond acceptors (Lipinski definition) is 3. The third-order valence-electron chi connectivity index (χ3n) is 3.64. The smallest absolute Gasteiger partial charge is 0.155 e. The van der Waals surface area contributed by atoms with Gasteiger partial charge in [0.15, 0.2) is 5.82 Å². The van der Waals surface area contributed by atoms with Crippen LogP contribution >= 0.6 is 0 Å². The molecular weight excluding hydrogens is 260 g/mol. The summed E-state index contributed by atoms with van der Waals surface area (Å²) in [5.41, 5.74) is 13.5. The van der Waals surface area contributed by atoms with E-state index in [-0.39, 0.29) is 0 Å². The van der Waals surface area contributed by atoms with E-state index in [1.807, 2.05) is 18.2 Å².